The van der Waals surface area contributed by atoms with E-state index in [0.29, 0.717) is 11.8 Å². The van der Waals surface area contributed by atoms with E-state index in [2.05, 4.69) is 0 Å². The molecule has 0 fully saturated rings. The molecule has 0 aromatic heterocycles. The van der Waals surface area contributed by atoms with E-state index in [1.165, 1.54) is 24.3 Å². The van der Waals surface area contributed by atoms with Crippen LogP contribution in [0.3, 0.4) is 0 Å². The van der Waals surface area contributed by atoms with Gasteiger partial charge in [-0.05, 0) is 29.8 Å². The summed E-state index contributed by atoms with van der Waals surface area (Å²) in [6, 6.07) is 9.18. The Morgan fingerprint density at radius 3 is 2.19 bits per heavy atom. The Morgan fingerprint density at radius 2 is 1.71 bits per heavy atom. The SMILES string of the molecule is O=Cc1cc(Cl)c(OCc2ccc(C(=O)O)cc2)c(Cl)c1. The van der Waals surface area contributed by atoms with Gasteiger partial charge in [0, 0.05) is 5.56 Å². The van der Waals surface area contributed by atoms with Crippen LogP contribution in [0.1, 0.15) is 26.3 Å². The Bertz CT molecular complexity index is 658. The van der Waals surface area contributed by atoms with E-state index in [1.807, 2.05) is 0 Å². The molecule has 0 saturated heterocycles. The molecule has 6 heteroatoms. The van der Waals surface area contributed by atoms with E-state index in [1.54, 1.807) is 12.1 Å². The summed E-state index contributed by atoms with van der Waals surface area (Å²) in [6.07, 6.45) is 0.645. The van der Waals surface area contributed by atoms with Crippen LogP contribution in [0.2, 0.25) is 10.0 Å². The van der Waals surface area contributed by atoms with Gasteiger partial charge >= 0.3 is 5.97 Å². The van der Waals surface area contributed by atoms with Gasteiger partial charge in [0.15, 0.2) is 5.75 Å². The molecular weight excluding hydrogens is 315 g/mol. The molecule has 108 valence electrons. The molecular formula is C15H10Cl2O4. The minimum absolute atomic E-state index is 0.180. The largest absolute Gasteiger partial charge is 0.486 e. The molecule has 2 aromatic carbocycles. The number of carboxylic acids is 1. The van der Waals surface area contributed by atoms with Crippen molar-refractivity contribution in [2.24, 2.45) is 0 Å². The first-order chi connectivity index (χ1) is 10.0. The Labute approximate surface area is 130 Å². The molecule has 1 N–H and O–H groups in total. The summed E-state index contributed by atoms with van der Waals surface area (Å²) in [5.74, 6) is -0.704. The summed E-state index contributed by atoms with van der Waals surface area (Å²) < 4.78 is 5.53. The zero-order chi connectivity index (χ0) is 15.4. The molecule has 0 amide bonds. The molecule has 21 heavy (non-hydrogen) atoms. The van der Waals surface area contributed by atoms with Crippen molar-refractivity contribution in [3.63, 3.8) is 0 Å². The number of benzene rings is 2. The fourth-order valence-electron chi connectivity index (χ4n) is 1.68. The average molecular weight is 325 g/mol. The van der Waals surface area contributed by atoms with Crippen LogP contribution in [0.5, 0.6) is 5.75 Å². The van der Waals surface area contributed by atoms with Gasteiger partial charge in [-0.25, -0.2) is 4.79 Å². The van der Waals surface area contributed by atoms with Crippen molar-refractivity contribution < 1.29 is 19.4 Å². The van der Waals surface area contributed by atoms with Crippen molar-refractivity contribution in [2.45, 2.75) is 6.61 Å². The number of aldehydes is 1. The number of hydrogen-bond acceptors (Lipinski definition) is 3. The number of carbonyl (C=O) groups excluding carboxylic acids is 1. The molecule has 0 aliphatic carbocycles. The van der Waals surface area contributed by atoms with E-state index in [4.69, 9.17) is 33.0 Å². The van der Waals surface area contributed by atoms with Gasteiger partial charge in [-0.2, -0.15) is 0 Å². The summed E-state index contributed by atoms with van der Waals surface area (Å²) in [4.78, 5) is 21.4. The van der Waals surface area contributed by atoms with Crippen molar-refractivity contribution in [1.29, 1.82) is 0 Å². The van der Waals surface area contributed by atoms with Crippen molar-refractivity contribution in [3.05, 3.63) is 63.1 Å². The van der Waals surface area contributed by atoms with Crippen LogP contribution in [-0.2, 0) is 6.61 Å². The highest BCUT2D eigenvalue weighted by Crippen LogP contribution is 2.34. The predicted octanol–water partition coefficient (Wildman–Crippen LogP) is 4.08. The van der Waals surface area contributed by atoms with Gasteiger partial charge < -0.3 is 9.84 Å². The highest BCUT2D eigenvalue weighted by molar-refractivity contribution is 6.37. The Kier molecular flexibility index (Phi) is 4.83. The predicted molar refractivity (Wildman–Crippen MR) is 79.6 cm³/mol. The fraction of sp³-hybridized carbons (Fsp3) is 0.0667. The number of hydrogen-bond donors (Lipinski definition) is 1. The lowest BCUT2D eigenvalue weighted by atomic mass is 10.1. The minimum atomic E-state index is -0.988. The molecule has 0 radical (unpaired) electrons. The molecule has 0 aliphatic heterocycles. The number of halogens is 2. The van der Waals surface area contributed by atoms with Crippen molar-refractivity contribution in [3.8, 4) is 5.75 Å². The first-order valence-corrected chi connectivity index (χ1v) is 6.66. The Hall–Kier alpha value is -2.04. The first kappa shape index (κ1) is 15.4. The molecule has 0 aliphatic rings. The van der Waals surface area contributed by atoms with Crippen molar-refractivity contribution >= 4 is 35.5 Å². The second-order valence-electron chi connectivity index (χ2n) is 4.22. The fourth-order valence-corrected chi connectivity index (χ4v) is 2.30. The molecule has 0 bridgehead atoms. The first-order valence-electron chi connectivity index (χ1n) is 5.90. The summed E-state index contributed by atoms with van der Waals surface area (Å²) in [5.41, 5.74) is 1.33. The number of aromatic carboxylic acids is 1. The average Bonchev–Trinajstić information content (AvgIpc) is 2.46. The van der Waals surface area contributed by atoms with Crippen LogP contribution >= 0.6 is 23.2 Å². The molecule has 0 heterocycles. The maximum atomic E-state index is 10.7. The van der Waals surface area contributed by atoms with Gasteiger partial charge in [-0.1, -0.05) is 35.3 Å². The molecule has 0 saturated carbocycles. The third-order valence-corrected chi connectivity index (χ3v) is 3.30. The minimum Gasteiger partial charge on any atom is -0.486 e. The molecule has 4 nitrogen and oxygen atoms in total. The van der Waals surface area contributed by atoms with Crippen molar-refractivity contribution in [1.82, 2.24) is 0 Å². The normalized spacial score (nSPS) is 10.2. The maximum Gasteiger partial charge on any atom is 0.335 e. The lowest BCUT2D eigenvalue weighted by Gasteiger charge is -2.10. The standard InChI is InChI=1S/C15H10Cl2O4/c16-12-5-10(7-18)6-13(17)14(12)21-8-9-1-3-11(4-2-9)15(19)20/h1-7H,8H2,(H,19,20). The van der Waals surface area contributed by atoms with Gasteiger partial charge in [0.1, 0.15) is 12.9 Å². The lowest BCUT2D eigenvalue weighted by molar-refractivity contribution is 0.0696. The number of ether oxygens (including phenoxy) is 1. The smallest absolute Gasteiger partial charge is 0.335 e. The second kappa shape index (κ2) is 6.61. The van der Waals surface area contributed by atoms with E-state index in [-0.39, 0.29) is 28.0 Å². The summed E-state index contributed by atoms with van der Waals surface area (Å²) in [6.45, 7) is 0.180. The Balaban J connectivity index is 2.13. The highest BCUT2D eigenvalue weighted by Gasteiger charge is 2.10. The highest BCUT2D eigenvalue weighted by atomic mass is 35.5. The second-order valence-corrected chi connectivity index (χ2v) is 5.04. The summed E-state index contributed by atoms with van der Waals surface area (Å²) in [5, 5.41) is 9.30. The van der Waals surface area contributed by atoms with Crippen LogP contribution in [0.25, 0.3) is 0 Å². The molecule has 2 aromatic rings. The lowest BCUT2D eigenvalue weighted by Crippen LogP contribution is -2.00. The van der Waals surface area contributed by atoms with Crippen LogP contribution < -0.4 is 4.74 Å². The number of carboxylic acid groups (broad SMARTS) is 1. The van der Waals surface area contributed by atoms with E-state index >= 15 is 0 Å². The zero-order valence-corrected chi connectivity index (χ0v) is 12.2. The van der Waals surface area contributed by atoms with Gasteiger partial charge in [-0.15, -0.1) is 0 Å². The van der Waals surface area contributed by atoms with Gasteiger partial charge in [0.2, 0.25) is 0 Å². The van der Waals surface area contributed by atoms with Crippen molar-refractivity contribution in [2.75, 3.05) is 0 Å². The monoisotopic (exact) mass is 324 g/mol. The third kappa shape index (κ3) is 3.74. The van der Waals surface area contributed by atoms with Crippen LogP contribution in [0, 0.1) is 0 Å². The maximum absolute atomic E-state index is 10.7. The third-order valence-electron chi connectivity index (χ3n) is 2.74. The zero-order valence-electron chi connectivity index (χ0n) is 10.7. The van der Waals surface area contributed by atoms with Crippen LogP contribution in [0.4, 0.5) is 0 Å². The number of rotatable bonds is 5. The van der Waals surface area contributed by atoms with Gasteiger partial charge in [0.05, 0.1) is 15.6 Å². The molecule has 0 atom stereocenters. The van der Waals surface area contributed by atoms with Crippen LogP contribution in [0.15, 0.2) is 36.4 Å². The van der Waals surface area contributed by atoms with Gasteiger partial charge in [-0.3, -0.25) is 4.79 Å². The Morgan fingerprint density at radius 1 is 1.14 bits per heavy atom. The quantitative estimate of drug-likeness (QED) is 0.841. The topological polar surface area (TPSA) is 63.6 Å². The van der Waals surface area contributed by atoms with Gasteiger partial charge in [0.25, 0.3) is 0 Å². The molecule has 2 rings (SSSR count). The summed E-state index contributed by atoms with van der Waals surface area (Å²) >= 11 is 12.0. The molecule has 0 spiro atoms. The summed E-state index contributed by atoms with van der Waals surface area (Å²) in [7, 11) is 0. The van der Waals surface area contributed by atoms with E-state index < -0.39 is 5.97 Å². The van der Waals surface area contributed by atoms with Crippen LogP contribution in [-0.4, -0.2) is 17.4 Å². The van der Waals surface area contributed by atoms with E-state index in [9.17, 15) is 9.59 Å². The number of carbonyl (C=O) groups is 2. The van der Waals surface area contributed by atoms with E-state index in [0.717, 1.165) is 5.56 Å². The molecule has 0 unspecified atom stereocenters.